The number of hydrogen-bond acceptors (Lipinski definition) is 3. The van der Waals surface area contributed by atoms with Crippen molar-refractivity contribution < 1.29 is 0 Å². The Balaban J connectivity index is 1.47. The zero-order chi connectivity index (χ0) is 21.2. The molecule has 31 heavy (non-hydrogen) atoms. The second-order valence-electron chi connectivity index (χ2n) is 7.90. The Morgan fingerprint density at radius 2 is 1.58 bits per heavy atom. The largest absolute Gasteiger partial charge is 0.284 e. The summed E-state index contributed by atoms with van der Waals surface area (Å²) in [6.45, 7) is 2.73. The fraction of sp³-hybridized carbons (Fsp3) is 0.200. The molecule has 0 saturated carbocycles. The molecule has 0 spiro atoms. The molecule has 3 aromatic carbocycles. The van der Waals surface area contributed by atoms with Gasteiger partial charge < -0.3 is 0 Å². The molecule has 1 aliphatic heterocycles. The van der Waals surface area contributed by atoms with Crippen molar-refractivity contribution in [2.45, 2.75) is 19.0 Å². The van der Waals surface area contributed by atoms with Crippen LogP contribution in [0, 0.1) is 4.77 Å². The zero-order valence-corrected chi connectivity index (χ0v) is 18.6. The summed E-state index contributed by atoms with van der Waals surface area (Å²) < 4.78 is 4.68. The Morgan fingerprint density at radius 3 is 2.29 bits per heavy atom. The number of halogens is 1. The molecule has 0 aliphatic carbocycles. The first kappa shape index (κ1) is 20.2. The van der Waals surface area contributed by atoms with E-state index in [1.807, 2.05) is 51.7 Å². The SMILES string of the molecule is S=c1n(CN2CCC(c3ccccc3)C2)nc(-c2ccc(Cl)cc2)n1-c1ccccc1. The Kier molecular flexibility index (Phi) is 5.72. The minimum absolute atomic E-state index is 0.558. The monoisotopic (exact) mass is 446 g/mol. The Bertz CT molecular complexity index is 1220. The summed E-state index contributed by atoms with van der Waals surface area (Å²) in [7, 11) is 0. The first-order valence-electron chi connectivity index (χ1n) is 10.5. The maximum atomic E-state index is 6.11. The van der Waals surface area contributed by atoms with Gasteiger partial charge in [0.25, 0.3) is 0 Å². The van der Waals surface area contributed by atoms with Gasteiger partial charge in [0.2, 0.25) is 4.77 Å². The van der Waals surface area contributed by atoms with Crippen molar-refractivity contribution in [3.63, 3.8) is 0 Å². The van der Waals surface area contributed by atoms with E-state index >= 15 is 0 Å². The van der Waals surface area contributed by atoms with Gasteiger partial charge in [-0.25, -0.2) is 4.68 Å². The molecule has 4 aromatic rings. The molecule has 0 bridgehead atoms. The molecular formula is C25H23ClN4S. The minimum Gasteiger partial charge on any atom is -0.284 e. The molecule has 1 aliphatic rings. The molecule has 1 fully saturated rings. The Labute approximate surface area is 192 Å². The third-order valence-electron chi connectivity index (χ3n) is 5.83. The highest BCUT2D eigenvalue weighted by Gasteiger charge is 2.25. The van der Waals surface area contributed by atoms with Gasteiger partial charge in [-0.15, -0.1) is 5.10 Å². The van der Waals surface area contributed by atoms with Crippen LogP contribution in [-0.2, 0) is 6.67 Å². The van der Waals surface area contributed by atoms with Crippen molar-refractivity contribution >= 4 is 23.8 Å². The lowest BCUT2D eigenvalue weighted by atomic mass is 9.99. The van der Waals surface area contributed by atoms with Gasteiger partial charge >= 0.3 is 0 Å². The minimum atomic E-state index is 0.558. The van der Waals surface area contributed by atoms with Crippen LogP contribution in [0.3, 0.4) is 0 Å². The summed E-state index contributed by atoms with van der Waals surface area (Å²) in [5.41, 5.74) is 3.40. The summed E-state index contributed by atoms with van der Waals surface area (Å²) in [4.78, 5) is 2.43. The van der Waals surface area contributed by atoms with Gasteiger partial charge in [-0.1, -0.05) is 60.1 Å². The van der Waals surface area contributed by atoms with Crippen molar-refractivity contribution in [3.05, 3.63) is 100 Å². The normalized spacial score (nSPS) is 16.6. The average Bonchev–Trinajstić information content (AvgIpc) is 3.41. The van der Waals surface area contributed by atoms with Crippen molar-refractivity contribution in [3.8, 4) is 17.1 Å². The third kappa shape index (κ3) is 4.22. The van der Waals surface area contributed by atoms with Gasteiger partial charge in [0.1, 0.15) is 0 Å². The van der Waals surface area contributed by atoms with E-state index in [2.05, 4.69) is 47.4 Å². The van der Waals surface area contributed by atoms with Crippen molar-refractivity contribution in [1.82, 2.24) is 19.2 Å². The number of rotatable bonds is 5. The van der Waals surface area contributed by atoms with E-state index in [-0.39, 0.29) is 0 Å². The molecule has 4 nitrogen and oxygen atoms in total. The van der Waals surface area contributed by atoms with Crippen molar-refractivity contribution in [2.75, 3.05) is 13.1 Å². The molecule has 2 heterocycles. The second-order valence-corrected chi connectivity index (χ2v) is 8.70. The van der Waals surface area contributed by atoms with E-state index < -0.39 is 0 Å². The fourth-order valence-corrected chi connectivity index (χ4v) is 4.66. The molecule has 0 radical (unpaired) electrons. The van der Waals surface area contributed by atoms with Crippen LogP contribution in [0.2, 0.25) is 5.02 Å². The lowest BCUT2D eigenvalue weighted by Crippen LogP contribution is -2.24. The maximum Gasteiger partial charge on any atom is 0.204 e. The van der Waals surface area contributed by atoms with Crippen molar-refractivity contribution in [1.29, 1.82) is 0 Å². The van der Waals surface area contributed by atoms with Crippen LogP contribution >= 0.6 is 23.8 Å². The van der Waals surface area contributed by atoms with Crippen molar-refractivity contribution in [2.24, 2.45) is 0 Å². The third-order valence-corrected chi connectivity index (χ3v) is 6.48. The Hall–Kier alpha value is -2.73. The van der Waals surface area contributed by atoms with Gasteiger partial charge in [0.15, 0.2) is 5.82 Å². The first-order chi connectivity index (χ1) is 15.2. The van der Waals surface area contributed by atoms with Crippen LogP contribution in [0.15, 0.2) is 84.9 Å². The van der Waals surface area contributed by atoms with Gasteiger partial charge in [-0.05, 0) is 66.5 Å². The smallest absolute Gasteiger partial charge is 0.204 e. The average molecular weight is 447 g/mol. The standard InChI is InChI=1S/C25H23ClN4S/c26-22-13-11-20(12-14-22)24-27-29(25(31)30(24)23-9-5-2-6-10-23)18-28-16-15-21(17-28)19-7-3-1-4-8-19/h1-14,21H,15-18H2. The highest BCUT2D eigenvalue weighted by atomic mass is 35.5. The topological polar surface area (TPSA) is 26.0 Å². The molecule has 1 saturated heterocycles. The van der Waals surface area contributed by atoms with Gasteiger partial charge in [0, 0.05) is 29.4 Å². The van der Waals surface area contributed by atoms with E-state index in [0.29, 0.717) is 22.4 Å². The molecular weight excluding hydrogens is 424 g/mol. The molecule has 0 amide bonds. The van der Waals surface area contributed by atoms with Crippen LogP contribution < -0.4 is 0 Å². The van der Waals surface area contributed by atoms with E-state index in [1.165, 1.54) is 5.56 Å². The Morgan fingerprint density at radius 1 is 0.903 bits per heavy atom. The highest BCUT2D eigenvalue weighted by molar-refractivity contribution is 7.71. The predicted octanol–water partition coefficient (Wildman–Crippen LogP) is 6.17. The summed E-state index contributed by atoms with van der Waals surface area (Å²) in [6.07, 6.45) is 1.15. The number of aromatic nitrogens is 3. The highest BCUT2D eigenvalue weighted by Crippen LogP contribution is 2.28. The quantitative estimate of drug-likeness (QED) is 0.343. The molecule has 0 N–H and O–H groups in total. The van der Waals surface area contributed by atoms with E-state index in [0.717, 1.165) is 36.6 Å². The van der Waals surface area contributed by atoms with E-state index in [9.17, 15) is 0 Å². The number of hydrogen-bond donors (Lipinski definition) is 0. The van der Waals surface area contributed by atoms with Gasteiger partial charge in [0.05, 0.1) is 6.67 Å². The second kappa shape index (κ2) is 8.79. The number of nitrogens with zero attached hydrogens (tertiary/aromatic N) is 4. The van der Waals surface area contributed by atoms with Gasteiger partial charge in [-0.3, -0.25) is 9.47 Å². The summed E-state index contributed by atoms with van der Waals surface area (Å²) in [5, 5.41) is 5.64. The van der Waals surface area contributed by atoms with Crippen LogP contribution in [0.5, 0.6) is 0 Å². The van der Waals surface area contributed by atoms with Crippen LogP contribution in [0.25, 0.3) is 17.1 Å². The molecule has 1 atom stereocenters. The molecule has 1 aromatic heterocycles. The number of likely N-dealkylation sites (tertiary alicyclic amines) is 1. The summed E-state index contributed by atoms with van der Waals surface area (Å²) >= 11 is 12.0. The molecule has 6 heteroatoms. The van der Waals surface area contributed by atoms with Gasteiger partial charge in [-0.2, -0.15) is 0 Å². The lowest BCUT2D eigenvalue weighted by molar-refractivity contribution is 0.250. The molecule has 156 valence electrons. The fourth-order valence-electron chi connectivity index (χ4n) is 4.24. The lowest BCUT2D eigenvalue weighted by Gasteiger charge is -2.16. The first-order valence-corrected chi connectivity index (χ1v) is 11.3. The van der Waals surface area contributed by atoms with Crippen LogP contribution in [-0.4, -0.2) is 32.3 Å². The summed E-state index contributed by atoms with van der Waals surface area (Å²) in [5.74, 6) is 1.38. The van der Waals surface area contributed by atoms with Crippen LogP contribution in [0.1, 0.15) is 17.9 Å². The number of para-hydroxylation sites is 1. The zero-order valence-electron chi connectivity index (χ0n) is 17.1. The maximum absolute atomic E-state index is 6.11. The summed E-state index contributed by atoms with van der Waals surface area (Å²) in [6, 6.07) is 28.7. The predicted molar refractivity (Wildman–Crippen MR) is 128 cm³/mol. The van der Waals surface area contributed by atoms with E-state index in [1.54, 1.807) is 0 Å². The van der Waals surface area contributed by atoms with Crippen LogP contribution in [0.4, 0.5) is 0 Å². The molecule has 5 rings (SSSR count). The number of benzene rings is 3. The molecule has 1 unspecified atom stereocenters. The van der Waals surface area contributed by atoms with E-state index in [4.69, 9.17) is 28.9 Å².